The largest absolute Gasteiger partial charge is 0.456 e. The predicted molar refractivity (Wildman–Crippen MR) is 80.1 cm³/mol. The van der Waals surface area contributed by atoms with Crippen LogP contribution in [0, 0.1) is 13.8 Å². The zero-order valence-electron chi connectivity index (χ0n) is 10.3. The van der Waals surface area contributed by atoms with Gasteiger partial charge in [0.25, 0.3) is 0 Å². The van der Waals surface area contributed by atoms with Gasteiger partial charge in [-0.05, 0) is 54.8 Å². The maximum Gasteiger partial charge on any atom is 0.146 e. The first kappa shape index (κ1) is 13.4. The van der Waals surface area contributed by atoms with Gasteiger partial charge in [-0.15, -0.1) is 0 Å². The van der Waals surface area contributed by atoms with Gasteiger partial charge in [0.05, 0.1) is 5.02 Å². The van der Waals surface area contributed by atoms with Crippen molar-refractivity contribution < 1.29 is 4.74 Å². The second-order valence-corrected chi connectivity index (χ2v) is 5.29. The Kier molecular flexibility index (Phi) is 4.31. The van der Waals surface area contributed by atoms with Crippen molar-refractivity contribution in [1.29, 1.82) is 0 Å². The first-order valence-electron chi connectivity index (χ1n) is 5.69. The summed E-state index contributed by atoms with van der Waals surface area (Å²) in [6.07, 6.45) is 0. The molecule has 0 aliphatic heterocycles. The molecule has 0 aliphatic rings. The van der Waals surface area contributed by atoms with E-state index in [0.717, 1.165) is 16.6 Å². The Morgan fingerprint density at radius 3 is 2.28 bits per heavy atom. The molecular formula is C15H14BrClO. The molecule has 0 N–H and O–H groups in total. The van der Waals surface area contributed by atoms with Gasteiger partial charge in [-0.1, -0.05) is 39.7 Å². The highest BCUT2D eigenvalue weighted by molar-refractivity contribution is 9.08. The lowest BCUT2D eigenvalue weighted by molar-refractivity contribution is 0.482. The van der Waals surface area contributed by atoms with E-state index >= 15 is 0 Å². The van der Waals surface area contributed by atoms with Crippen LogP contribution in [0.4, 0.5) is 0 Å². The minimum Gasteiger partial charge on any atom is -0.456 e. The molecule has 0 saturated heterocycles. The highest BCUT2D eigenvalue weighted by Gasteiger charge is 2.05. The lowest BCUT2D eigenvalue weighted by Gasteiger charge is -2.10. The Morgan fingerprint density at radius 2 is 1.72 bits per heavy atom. The van der Waals surface area contributed by atoms with E-state index in [1.54, 1.807) is 0 Å². The molecule has 0 aliphatic carbocycles. The molecule has 0 heterocycles. The molecule has 0 spiro atoms. The van der Waals surface area contributed by atoms with Gasteiger partial charge in [-0.3, -0.25) is 0 Å². The topological polar surface area (TPSA) is 9.23 Å². The van der Waals surface area contributed by atoms with Crippen molar-refractivity contribution in [1.82, 2.24) is 0 Å². The summed E-state index contributed by atoms with van der Waals surface area (Å²) in [6, 6.07) is 11.9. The van der Waals surface area contributed by atoms with E-state index < -0.39 is 0 Å². The Balaban J connectivity index is 2.28. The Bertz CT molecular complexity index is 546. The first-order chi connectivity index (χ1) is 8.58. The van der Waals surface area contributed by atoms with Crippen molar-refractivity contribution in [3.8, 4) is 11.5 Å². The zero-order valence-corrected chi connectivity index (χ0v) is 12.7. The molecule has 0 fully saturated rings. The summed E-state index contributed by atoms with van der Waals surface area (Å²) in [4.78, 5) is 0. The zero-order chi connectivity index (χ0) is 13.1. The summed E-state index contributed by atoms with van der Waals surface area (Å²) < 4.78 is 5.82. The Morgan fingerprint density at radius 1 is 1.06 bits per heavy atom. The predicted octanol–water partition coefficient (Wildman–Crippen LogP) is 5.64. The van der Waals surface area contributed by atoms with Gasteiger partial charge in [0.2, 0.25) is 0 Å². The number of alkyl halides is 1. The highest BCUT2D eigenvalue weighted by Crippen LogP contribution is 2.31. The number of ether oxygens (including phenoxy) is 1. The Hall–Kier alpha value is -0.990. The molecule has 0 aromatic heterocycles. The molecule has 18 heavy (non-hydrogen) atoms. The molecule has 0 atom stereocenters. The minimum atomic E-state index is 0.631. The monoisotopic (exact) mass is 324 g/mol. The summed E-state index contributed by atoms with van der Waals surface area (Å²) in [5, 5.41) is 1.42. The molecule has 2 aromatic carbocycles. The Labute approximate surface area is 121 Å². The molecule has 2 aromatic rings. The van der Waals surface area contributed by atoms with E-state index in [0.29, 0.717) is 10.8 Å². The van der Waals surface area contributed by atoms with Crippen molar-refractivity contribution in [2.24, 2.45) is 0 Å². The van der Waals surface area contributed by atoms with Gasteiger partial charge in [-0.25, -0.2) is 0 Å². The summed E-state index contributed by atoms with van der Waals surface area (Å²) in [6.45, 7) is 4.10. The van der Waals surface area contributed by atoms with Gasteiger partial charge in [0.15, 0.2) is 0 Å². The molecule has 0 bridgehead atoms. The van der Waals surface area contributed by atoms with E-state index in [4.69, 9.17) is 16.3 Å². The van der Waals surface area contributed by atoms with Crippen LogP contribution >= 0.6 is 27.5 Å². The van der Waals surface area contributed by atoms with Crippen LogP contribution in [0.2, 0.25) is 5.02 Å². The SMILES string of the molecule is Cc1cc(C)cc(Oc2ccc(CBr)cc2Cl)c1. The second-order valence-electron chi connectivity index (χ2n) is 4.32. The van der Waals surface area contributed by atoms with Gasteiger partial charge in [0, 0.05) is 5.33 Å². The van der Waals surface area contributed by atoms with Crippen LogP contribution in [0.1, 0.15) is 16.7 Å². The van der Waals surface area contributed by atoms with Gasteiger partial charge in [0.1, 0.15) is 11.5 Å². The summed E-state index contributed by atoms with van der Waals surface area (Å²) in [5.41, 5.74) is 3.49. The molecule has 0 radical (unpaired) electrons. The van der Waals surface area contributed by atoms with Crippen molar-refractivity contribution in [2.45, 2.75) is 19.2 Å². The fourth-order valence-corrected chi connectivity index (χ4v) is 2.42. The molecule has 0 unspecified atom stereocenters. The third kappa shape index (κ3) is 3.27. The maximum atomic E-state index is 6.19. The summed E-state index contributed by atoms with van der Waals surface area (Å²) in [7, 11) is 0. The maximum absolute atomic E-state index is 6.19. The fraction of sp³-hybridized carbons (Fsp3) is 0.200. The molecule has 1 nitrogen and oxygen atoms in total. The van der Waals surface area contributed by atoms with E-state index in [1.165, 1.54) is 11.1 Å². The average molecular weight is 326 g/mol. The molecule has 0 amide bonds. The molecule has 2 rings (SSSR count). The van der Waals surface area contributed by atoms with Crippen molar-refractivity contribution in [2.75, 3.05) is 0 Å². The van der Waals surface area contributed by atoms with Crippen LogP contribution in [0.25, 0.3) is 0 Å². The van der Waals surface area contributed by atoms with Crippen molar-refractivity contribution >= 4 is 27.5 Å². The van der Waals surface area contributed by atoms with Gasteiger partial charge < -0.3 is 4.74 Å². The molecular weight excluding hydrogens is 312 g/mol. The van der Waals surface area contributed by atoms with E-state index in [2.05, 4.69) is 35.8 Å². The molecule has 3 heteroatoms. The van der Waals surface area contributed by atoms with Crippen molar-refractivity contribution in [3.05, 3.63) is 58.1 Å². The van der Waals surface area contributed by atoms with E-state index in [9.17, 15) is 0 Å². The highest BCUT2D eigenvalue weighted by atomic mass is 79.9. The number of rotatable bonds is 3. The van der Waals surface area contributed by atoms with Crippen LogP contribution in [-0.4, -0.2) is 0 Å². The second kappa shape index (κ2) is 5.77. The third-order valence-electron chi connectivity index (χ3n) is 2.57. The van der Waals surface area contributed by atoms with Crippen LogP contribution in [0.15, 0.2) is 36.4 Å². The third-order valence-corrected chi connectivity index (χ3v) is 3.52. The summed E-state index contributed by atoms with van der Waals surface area (Å²) >= 11 is 9.59. The summed E-state index contributed by atoms with van der Waals surface area (Å²) in [5.74, 6) is 1.51. The molecule has 94 valence electrons. The van der Waals surface area contributed by atoms with Crippen LogP contribution in [0.3, 0.4) is 0 Å². The number of aryl methyl sites for hydroxylation is 2. The number of halogens is 2. The van der Waals surface area contributed by atoms with Crippen LogP contribution in [0.5, 0.6) is 11.5 Å². The van der Waals surface area contributed by atoms with Gasteiger partial charge in [-0.2, -0.15) is 0 Å². The number of hydrogen-bond acceptors (Lipinski definition) is 1. The first-order valence-corrected chi connectivity index (χ1v) is 7.19. The minimum absolute atomic E-state index is 0.631. The smallest absolute Gasteiger partial charge is 0.146 e. The van der Waals surface area contributed by atoms with E-state index in [-0.39, 0.29) is 0 Å². The van der Waals surface area contributed by atoms with Crippen LogP contribution in [-0.2, 0) is 5.33 Å². The van der Waals surface area contributed by atoms with E-state index in [1.807, 2.05) is 30.3 Å². The lowest BCUT2D eigenvalue weighted by atomic mass is 10.1. The normalized spacial score (nSPS) is 10.4. The average Bonchev–Trinajstić information content (AvgIpc) is 2.30. The van der Waals surface area contributed by atoms with Crippen LogP contribution < -0.4 is 4.74 Å². The standard InChI is InChI=1S/C15H14BrClO/c1-10-5-11(2)7-13(6-10)18-15-4-3-12(9-16)8-14(15)17/h3-8H,9H2,1-2H3. The van der Waals surface area contributed by atoms with Crippen molar-refractivity contribution in [3.63, 3.8) is 0 Å². The molecule has 0 saturated carbocycles. The fourth-order valence-electron chi connectivity index (χ4n) is 1.83. The lowest BCUT2D eigenvalue weighted by Crippen LogP contribution is -1.88. The number of benzene rings is 2. The van der Waals surface area contributed by atoms with Gasteiger partial charge >= 0.3 is 0 Å². The quantitative estimate of drug-likeness (QED) is 0.663. The number of hydrogen-bond donors (Lipinski definition) is 0.